The third-order valence-corrected chi connectivity index (χ3v) is 6.55. The summed E-state index contributed by atoms with van der Waals surface area (Å²) in [7, 11) is 0. The van der Waals surface area contributed by atoms with Crippen molar-refractivity contribution in [1.29, 1.82) is 0 Å². The second-order valence-electron chi connectivity index (χ2n) is 8.40. The van der Waals surface area contributed by atoms with E-state index < -0.39 is 5.97 Å². The number of amides is 1. The number of aromatic carboxylic acids is 1. The SMILES string of the molecule is O=C(O)c1ccc2nc(CN3CCN(C(=O)c4ccc(CCl)o4)CC3)n(C[C@@H]3CCO3)c2c1. The minimum absolute atomic E-state index is 0.121. The van der Waals surface area contributed by atoms with E-state index in [1.807, 2.05) is 0 Å². The van der Waals surface area contributed by atoms with Gasteiger partial charge in [-0.3, -0.25) is 9.69 Å². The first-order valence-electron chi connectivity index (χ1n) is 11.0. The van der Waals surface area contributed by atoms with Crippen molar-refractivity contribution >= 4 is 34.5 Å². The number of carbonyl (C=O) groups is 2. The van der Waals surface area contributed by atoms with Gasteiger partial charge in [-0.25, -0.2) is 9.78 Å². The Labute approximate surface area is 195 Å². The standard InChI is InChI=1S/C23H25ClN4O5/c24-12-16-2-4-20(33-16)22(29)27-8-6-26(7-9-27)14-21-25-18-3-1-15(23(30)31)11-19(18)28(21)13-17-5-10-32-17/h1-4,11,17H,5-10,12-14H2,(H,30,31)/t17-/m0/s1. The van der Waals surface area contributed by atoms with E-state index in [2.05, 4.69) is 9.47 Å². The third-order valence-electron chi connectivity index (χ3n) is 6.28. The molecule has 0 unspecified atom stereocenters. The maximum Gasteiger partial charge on any atom is 0.335 e. The second kappa shape index (κ2) is 9.17. The highest BCUT2D eigenvalue weighted by Gasteiger charge is 2.27. The van der Waals surface area contributed by atoms with Gasteiger partial charge in [0.15, 0.2) is 5.76 Å². The summed E-state index contributed by atoms with van der Waals surface area (Å²) in [6, 6.07) is 8.42. The number of ether oxygens (including phenoxy) is 1. The first-order valence-corrected chi connectivity index (χ1v) is 11.6. The quantitative estimate of drug-likeness (QED) is 0.527. The number of piperazine rings is 1. The zero-order valence-electron chi connectivity index (χ0n) is 18.1. The van der Waals surface area contributed by atoms with Crippen LogP contribution in [0.5, 0.6) is 0 Å². The highest BCUT2D eigenvalue weighted by atomic mass is 35.5. The lowest BCUT2D eigenvalue weighted by atomic mass is 10.1. The average Bonchev–Trinajstić information content (AvgIpc) is 3.40. The van der Waals surface area contributed by atoms with E-state index in [9.17, 15) is 14.7 Å². The molecule has 0 spiro atoms. The van der Waals surface area contributed by atoms with E-state index >= 15 is 0 Å². The average molecular weight is 473 g/mol. The molecule has 1 aromatic carbocycles. The molecule has 2 aliphatic rings. The fourth-order valence-corrected chi connectivity index (χ4v) is 4.44. The molecule has 1 N–H and O–H groups in total. The van der Waals surface area contributed by atoms with Gasteiger partial charge in [-0.05, 0) is 36.8 Å². The molecular formula is C23H25ClN4O5. The first-order chi connectivity index (χ1) is 16.0. The number of nitrogens with zero attached hydrogens (tertiary/aromatic N) is 4. The predicted octanol–water partition coefficient (Wildman–Crippen LogP) is 2.81. The van der Waals surface area contributed by atoms with E-state index in [1.54, 1.807) is 35.2 Å². The third kappa shape index (κ3) is 4.48. The summed E-state index contributed by atoms with van der Waals surface area (Å²) in [6.45, 7) is 4.61. The number of halogens is 1. The second-order valence-corrected chi connectivity index (χ2v) is 8.66. The van der Waals surface area contributed by atoms with E-state index in [1.165, 1.54) is 0 Å². The van der Waals surface area contributed by atoms with Crippen LogP contribution in [0.2, 0.25) is 0 Å². The van der Waals surface area contributed by atoms with Crippen LogP contribution in [-0.2, 0) is 23.7 Å². The molecule has 2 fully saturated rings. The number of rotatable bonds is 7. The number of hydrogen-bond acceptors (Lipinski definition) is 6. The van der Waals surface area contributed by atoms with Gasteiger partial charge in [-0.1, -0.05) is 0 Å². The molecule has 33 heavy (non-hydrogen) atoms. The number of aromatic nitrogens is 2. The van der Waals surface area contributed by atoms with Crippen molar-refractivity contribution < 1.29 is 23.8 Å². The minimum Gasteiger partial charge on any atom is -0.478 e. The maximum absolute atomic E-state index is 12.7. The summed E-state index contributed by atoms with van der Waals surface area (Å²) in [5.74, 6) is 0.931. The molecule has 2 aliphatic heterocycles. The molecule has 9 nitrogen and oxygen atoms in total. The van der Waals surface area contributed by atoms with E-state index in [0.29, 0.717) is 50.8 Å². The van der Waals surface area contributed by atoms with E-state index in [-0.39, 0.29) is 23.5 Å². The van der Waals surface area contributed by atoms with Gasteiger partial charge >= 0.3 is 5.97 Å². The lowest BCUT2D eigenvalue weighted by Crippen LogP contribution is -2.48. The molecule has 10 heteroatoms. The van der Waals surface area contributed by atoms with Crippen LogP contribution in [0.3, 0.4) is 0 Å². The van der Waals surface area contributed by atoms with Crippen LogP contribution < -0.4 is 0 Å². The number of imidazole rings is 1. The van der Waals surface area contributed by atoms with Gasteiger partial charge in [0.1, 0.15) is 11.6 Å². The Kier molecular flexibility index (Phi) is 6.09. The van der Waals surface area contributed by atoms with Crippen molar-refractivity contribution in [3.8, 4) is 0 Å². The van der Waals surface area contributed by atoms with Gasteiger partial charge in [-0.15, -0.1) is 11.6 Å². The van der Waals surface area contributed by atoms with Crippen molar-refractivity contribution in [3.05, 3.63) is 53.2 Å². The van der Waals surface area contributed by atoms with Crippen LogP contribution in [0.15, 0.2) is 34.7 Å². The van der Waals surface area contributed by atoms with Gasteiger partial charge in [0, 0.05) is 32.8 Å². The van der Waals surface area contributed by atoms with E-state index in [0.717, 1.165) is 29.9 Å². The minimum atomic E-state index is -0.957. The summed E-state index contributed by atoms with van der Waals surface area (Å²) < 4.78 is 13.2. The number of benzene rings is 1. The Hall–Kier alpha value is -2.88. The first kappa shape index (κ1) is 21.9. The summed E-state index contributed by atoms with van der Waals surface area (Å²) in [5.41, 5.74) is 1.82. The number of fused-ring (bicyclic) bond motifs is 1. The zero-order chi connectivity index (χ0) is 22.9. The molecule has 0 saturated carbocycles. The Bertz CT molecular complexity index is 1180. The molecule has 0 aliphatic carbocycles. The Morgan fingerprint density at radius 1 is 1.15 bits per heavy atom. The van der Waals surface area contributed by atoms with Crippen LogP contribution in [-0.4, -0.2) is 75.2 Å². The van der Waals surface area contributed by atoms with Crippen LogP contribution >= 0.6 is 11.6 Å². The molecule has 1 atom stereocenters. The molecule has 174 valence electrons. The van der Waals surface area contributed by atoms with Crippen molar-refractivity contribution in [2.75, 3.05) is 32.8 Å². The molecule has 3 aromatic rings. The highest BCUT2D eigenvalue weighted by Crippen LogP contribution is 2.24. The molecule has 4 heterocycles. The molecule has 0 radical (unpaired) electrons. The number of hydrogen-bond donors (Lipinski definition) is 1. The topological polar surface area (TPSA) is 101 Å². The van der Waals surface area contributed by atoms with Crippen LogP contribution in [0.4, 0.5) is 0 Å². The fourth-order valence-electron chi connectivity index (χ4n) is 4.29. The number of carboxylic acids is 1. The molecule has 2 aromatic heterocycles. The number of carbonyl (C=O) groups excluding carboxylic acids is 1. The molecular weight excluding hydrogens is 448 g/mol. The van der Waals surface area contributed by atoms with Crippen molar-refractivity contribution in [1.82, 2.24) is 19.4 Å². The van der Waals surface area contributed by atoms with Crippen molar-refractivity contribution in [2.24, 2.45) is 0 Å². The lowest BCUT2D eigenvalue weighted by Gasteiger charge is -2.34. The Morgan fingerprint density at radius 3 is 2.58 bits per heavy atom. The van der Waals surface area contributed by atoms with Gasteiger partial charge in [0.05, 0.1) is 41.7 Å². The Morgan fingerprint density at radius 2 is 1.94 bits per heavy atom. The predicted molar refractivity (Wildman–Crippen MR) is 120 cm³/mol. The summed E-state index contributed by atoms with van der Waals surface area (Å²) >= 11 is 5.77. The largest absolute Gasteiger partial charge is 0.478 e. The highest BCUT2D eigenvalue weighted by molar-refractivity contribution is 6.16. The fraction of sp³-hybridized carbons (Fsp3) is 0.435. The van der Waals surface area contributed by atoms with Crippen LogP contribution in [0.25, 0.3) is 11.0 Å². The van der Waals surface area contributed by atoms with E-state index in [4.69, 9.17) is 25.7 Å². The monoisotopic (exact) mass is 472 g/mol. The smallest absolute Gasteiger partial charge is 0.335 e. The van der Waals surface area contributed by atoms with Gasteiger partial charge in [0.2, 0.25) is 0 Å². The van der Waals surface area contributed by atoms with Gasteiger partial charge < -0.3 is 23.7 Å². The Balaban J connectivity index is 1.30. The number of carboxylic acid groups (broad SMARTS) is 1. The number of alkyl halides is 1. The molecule has 5 rings (SSSR count). The van der Waals surface area contributed by atoms with Gasteiger partial charge in [-0.2, -0.15) is 0 Å². The zero-order valence-corrected chi connectivity index (χ0v) is 18.8. The van der Waals surface area contributed by atoms with Crippen LogP contribution in [0.1, 0.15) is 38.9 Å². The molecule has 2 saturated heterocycles. The summed E-state index contributed by atoms with van der Waals surface area (Å²) in [6.07, 6.45) is 1.10. The maximum atomic E-state index is 12.7. The molecule has 1 amide bonds. The summed E-state index contributed by atoms with van der Waals surface area (Å²) in [5, 5.41) is 9.40. The van der Waals surface area contributed by atoms with Crippen molar-refractivity contribution in [2.45, 2.75) is 31.5 Å². The normalized spacial score (nSPS) is 19.1. The summed E-state index contributed by atoms with van der Waals surface area (Å²) in [4.78, 5) is 33.0. The van der Waals surface area contributed by atoms with Crippen molar-refractivity contribution in [3.63, 3.8) is 0 Å². The van der Waals surface area contributed by atoms with Gasteiger partial charge in [0.25, 0.3) is 5.91 Å². The number of furan rings is 1. The van der Waals surface area contributed by atoms with Crippen LogP contribution in [0, 0.1) is 0 Å². The lowest BCUT2D eigenvalue weighted by molar-refractivity contribution is -0.0592. The molecule has 0 bridgehead atoms.